The number of methoxy groups -OCH3 is 1. The number of benzene rings is 1. The first-order chi connectivity index (χ1) is 12.7. The van der Waals surface area contributed by atoms with E-state index in [9.17, 15) is 0 Å². The third kappa shape index (κ3) is 4.00. The molecule has 0 bridgehead atoms. The highest BCUT2D eigenvalue weighted by molar-refractivity contribution is 5.35. The molecule has 3 heterocycles. The molecular formula is C21H27N3O2. The van der Waals surface area contributed by atoms with Gasteiger partial charge in [0.2, 0.25) is 0 Å². The summed E-state index contributed by atoms with van der Waals surface area (Å²) in [4.78, 5) is 6.89. The third-order valence-corrected chi connectivity index (χ3v) is 5.56. The lowest BCUT2D eigenvalue weighted by atomic mass is 9.87. The maximum Gasteiger partial charge on any atom is 0.126 e. The Hall–Kier alpha value is -2.11. The molecule has 5 heteroatoms. The lowest BCUT2D eigenvalue weighted by molar-refractivity contribution is -0.0448. The molecule has 1 aromatic heterocycles. The van der Waals surface area contributed by atoms with E-state index in [1.807, 2.05) is 36.5 Å². The zero-order chi connectivity index (χ0) is 17.8. The van der Waals surface area contributed by atoms with Crippen LogP contribution in [-0.4, -0.2) is 48.3 Å². The highest BCUT2D eigenvalue weighted by Crippen LogP contribution is 2.37. The van der Waals surface area contributed by atoms with Gasteiger partial charge in [0.1, 0.15) is 11.6 Å². The van der Waals surface area contributed by atoms with Crippen LogP contribution in [0.25, 0.3) is 0 Å². The van der Waals surface area contributed by atoms with Crippen LogP contribution in [-0.2, 0) is 11.3 Å². The van der Waals surface area contributed by atoms with Crippen LogP contribution in [0.4, 0.5) is 5.82 Å². The summed E-state index contributed by atoms with van der Waals surface area (Å²) in [5.41, 5.74) is 1.38. The number of likely N-dealkylation sites (tertiary alicyclic amines) is 1. The highest BCUT2D eigenvalue weighted by Gasteiger charge is 2.42. The molecule has 5 nitrogen and oxygen atoms in total. The summed E-state index contributed by atoms with van der Waals surface area (Å²) in [5, 5.41) is 3.51. The van der Waals surface area contributed by atoms with Crippen LogP contribution in [0.3, 0.4) is 0 Å². The molecule has 1 aromatic carbocycles. The van der Waals surface area contributed by atoms with Crippen LogP contribution >= 0.6 is 0 Å². The Kier molecular flexibility index (Phi) is 5.09. The molecule has 2 saturated heterocycles. The van der Waals surface area contributed by atoms with Gasteiger partial charge in [-0.25, -0.2) is 4.98 Å². The fourth-order valence-corrected chi connectivity index (χ4v) is 4.05. The van der Waals surface area contributed by atoms with Gasteiger partial charge in [0.15, 0.2) is 0 Å². The van der Waals surface area contributed by atoms with Crippen LogP contribution in [0.5, 0.6) is 5.75 Å². The first-order valence-corrected chi connectivity index (χ1v) is 9.42. The molecule has 2 fully saturated rings. The van der Waals surface area contributed by atoms with Gasteiger partial charge in [0, 0.05) is 25.8 Å². The minimum absolute atomic E-state index is 0.0445. The SMILES string of the molecule is COc1ccc(CN2CCC3(CC2)CC(Nc2ccccn2)CO3)cc1. The maximum atomic E-state index is 6.26. The number of hydrogen-bond acceptors (Lipinski definition) is 5. The van der Waals surface area contributed by atoms with Crippen molar-refractivity contribution in [2.75, 3.05) is 32.1 Å². The molecule has 1 N–H and O–H groups in total. The van der Waals surface area contributed by atoms with Crippen molar-refractivity contribution in [2.24, 2.45) is 0 Å². The molecule has 26 heavy (non-hydrogen) atoms. The van der Waals surface area contributed by atoms with Crippen molar-refractivity contribution < 1.29 is 9.47 Å². The monoisotopic (exact) mass is 353 g/mol. The van der Waals surface area contributed by atoms with Gasteiger partial charge in [-0.3, -0.25) is 4.90 Å². The number of ether oxygens (including phenoxy) is 2. The van der Waals surface area contributed by atoms with Crippen LogP contribution in [0, 0.1) is 0 Å². The molecule has 2 aliphatic heterocycles. The van der Waals surface area contributed by atoms with Crippen LogP contribution < -0.4 is 10.1 Å². The number of nitrogens with one attached hydrogen (secondary N) is 1. The van der Waals surface area contributed by atoms with Crippen LogP contribution in [0.1, 0.15) is 24.8 Å². The Bertz CT molecular complexity index is 697. The molecular weight excluding hydrogens is 326 g/mol. The molecule has 2 aromatic rings. The fraction of sp³-hybridized carbons (Fsp3) is 0.476. The van der Waals surface area contributed by atoms with Crippen molar-refractivity contribution in [3.05, 3.63) is 54.2 Å². The third-order valence-electron chi connectivity index (χ3n) is 5.56. The number of nitrogens with zero attached hydrogens (tertiary/aromatic N) is 2. The molecule has 4 rings (SSSR count). The lowest BCUT2D eigenvalue weighted by Gasteiger charge is -2.38. The molecule has 1 atom stereocenters. The van der Waals surface area contributed by atoms with E-state index in [-0.39, 0.29) is 5.60 Å². The molecule has 1 unspecified atom stereocenters. The quantitative estimate of drug-likeness (QED) is 0.893. The summed E-state index contributed by atoms with van der Waals surface area (Å²) in [6.45, 7) is 3.94. The number of aromatic nitrogens is 1. The van der Waals surface area contributed by atoms with Gasteiger partial charge >= 0.3 is 0 Å². The molecule has 0 saturated carbocycles. The number of rotatable bonds is 5. The van der Waals surface area contributed by atoms with E-state index in [2.05, 4.69) is 27.3 Å². The Morgan fingerprint density at radius 2 is 2.00 bits per heavy atom. The number of hydrogen-bond donors (Lipinski definition) is 1. The van der Waals surface area contributed by atoms with E-state index in [0.29, 0.717) is 6.04 Å². The number of anilines is 1. The predicted molar refractivity (Wildman–Crippen MR) is 102 cm³/mol. The van der Waals surface area contributed by atoms with Gasteiger partial charge < -0.3 is 14.8 Å². The molecule has 2 aliphatic rings. The van der Waals surface area contributed by atoms with Crippen LogP contribution in [0.15, 0.2) is 48.7 Å². The molecule has 0 aliphatic carbocycles. The van der Waals surface area contributed by atoms with Crippen molar-refractivity contribution >= 4 is 5.82 Å². The average molecular weight is 353 g/mol. The Labute approximate surface area is 155 Å². The van der Waals surface area contributed by atoms with Crippen molar-refractivity contribution in [3.8, 4) is 5.75 Å². The second-order valence-corrected chi connectivity index (χ2v) is 7.38. The smallest absolute Gasteiger partial charge is 0.126 e. The van der Waals surface area contributed by atoms with Gasteiger partial charge in [0.05, 0.1) is 25.4 Å². The van der Waals surface area contributed by atoms with E-state index >= 15 is 0 Å². The standard InChI is InChI=1S/C21H27N3O2/c1-25-19-7-5-17(6-8-19)15-24-12-9-21(10-13-24)14-18(16-26-21)23-20-4-2-3-11-22-20/h2-8,11,18H,9-10,12-16H2,1H3,(H,22,23). The lowest BCUT2D eigenvalue weighted by Crippen LogP contribution is -2.44. The van der Waals surface area contributed by atoms with E-state index in [4.69, 9.17) is 9.47 Å². The first-order valence-electron chi connectivity index (χ1n) is 9.42. The van der Waals surface area contributed by atoms with E-state index in [1.54, 1.807) is 7.11 Å². The largest absolute Gasteiger partial charge is 0.497 e. The number of piperidine rings is 1. The average Bonchev–Trinajstić information content (AvgIpc) is 3.07. The fourth-order valence-electron chi connectivity index (χ4n) is 4.05. The minimum atomic E-state index is 0.0445. The topological polar surface area (TPSA) is 46.6 Å². The summed E-state index contributed by atoms with van der Waals surface area (Å²) in [7, 11) is 1.71. The van der Waals surface area contributed by atoms with Gasteiger partial charge in [-0.05, 0) is 49.1 Å². The molecule has 0 radical (unpaired) electrons. The van der Waals surface area contributed by atoms with Crippen molar-refractivity contribution in [2.45, 2.75) is 37.5 Å². The van der Waals surface area contributed by atoms with Gasteiger partial charge in [-0.15, -0.1) is 0 Å². The Morgan fingerprint density at radius 3 is 2.69 bits per heavy atom. The van der Waals surface area contributed by atoms with Gasteiger partial charge in [0.25, 0.3) is 0 Å². The zero-order valence-corrected chi connectivity index (χ0v) is 15.4. The molecule has 1 spiro atoms. The normalized spacial score (nSPS) is 22.4. The second kappa shape index (κ2) is 7.64. The summed E-state index contributed by atoms with van der Waals surface area (Å²) in [6, 6.07) is 14.7. The molecule has 138 valence electrons. The van der Waals surface area contributed by atoms with Crippen molar-refractivity contribution in [1.82, 2.24) is 9.88 Å². The maximum absolute atomic E-state index is 6.26. The van der Waals surface area contributed by atoms with Crippen LogP contribution in [0.2, 0.25) is 0 Å². The molecule has 0 amide bonds. The predicted octanol–water partition coefficient (Wildman–Crippen LogP) is 3.33. The summed E-state index contributed by atoms with van der Waals surface area (Å²) in [6.07, 6.45) is 5.10. The van der Waals surface area contributed by atoms with E-state index in [1.165, 1.54) is 5.56 Å². The van der Waals surface area contributed by atoms with Crippen molar-refractivity contribution in [1.29, 1.82) is 0 Å². The minimum Gasteiger partial charge on any atom is -0.497 e. The number of pyridine rings is 1. The Balaban J connectivity index is 1.28. The Morgan fingerprint density at radius 1 is 1.19 bits per heavy atom. The highest BCUT2D eigenvalue weighted by atomic mass is 16.5. The van der Waals surface area contributed by atoms with E-state index < -0.39 is 0 Å². The first kappa shape index (κ1) is 17.3. The van der Waals surface area contributed by atoms with E-state index in [0.717, 1.165) is 57.1 Å². The van der Waals surface area contributed by atoms with Gasteiger partial charge in [-0.2, -0.15) is 0 Å². The zero-order valence-electron chi connectivity index (χ0n) is 15.4. The van der Waals surface area contributed by atoms with Gasteiger partial charge in [-0.1, -0.05) is 18.2 Å². The summed E-state index contributed by atoms with van der Waals surface area (Å²) < 4.78 is 11.5. The van der Waals surface area contributed by atoms with Crippen molar-refractivity contribution in [3.63, 3.8) is 0 Å². The summed E-state index contributed by atoms with van der Waals surface area (Å²) in [5.74, 6) is 1.85. The second-order valence-electron chi connectivity index (χ2n) is 7.38. The summed E-state index contributed by atoms with van der Waals surface area (Å²) >= 11 is 0.